The predicted molar refractivity (Wildman–Crippen MR) is 106 cm³/mol. The highest BCUT2D eigenvalue weighted by Gasteiger charge is 2.23. The van der Waals surface area contributed by atoms with Crippen LogP contribution in [0.2, 0.25) is 0 Å². The molecule has 5 nitrogen and oxygen atoms in total. The van der Waals surface area contributed by atoms with Gasteiger partial charge in [0.05, 0.1) is 12.7 Å². The van der Waals surface area contributed by atoms with E-state index in [0.29, 0.717) is 28.6 Å². The van der Waals surface area contributed by atoms with Gasteiger partial charge in [-0.05, 0) is 49.2 Å². The fourth-order valence-electron chi connectivity index (χ4n) is 3.56. The molecule has 1 fully saturated rings. The molecular formula is C22H26N2O3. The number of nitrogens with zero attached hydrogens (tertiary/aromatic N) is 1. The highest BCUT2D eigenvalue weighted by atomic mass is 16.5. The molecule has 2 amide bonds. The van der Waals surface area contributed by atoms with E-state index >= 15 is 0 Å². The van der Waals surface area contributed by atoms with Crippen molar-refractivity contribution in [1.82, 2.24) is 4.90 Å². The van der Waals surface area contributed by atoms with Crippen LogP contribution in [0.15, 0.2) is 48.5 Å². The van der Waals surface area contributed by atoms with Crippen LogP contribution in [0.25, 0.3) is 0 Å². The highest BCUT2D eigenvalue weighted by molar-refractivity contribution is 6.06. The summed E-state index contributed by atoms with van der Waals surface area (Å²) in [6.45, 7) is 0. The highest BCUT2D eigenvalue weighted by Crippen LogP contribution is 2.24. The second-order valence-electron chi connectivity index (χ2n) is 6.94. The van der Waals surface area contributed by atoms with Gasteiger partial charge in [-0.3, -0.25) is 9.59 Å². The molecule has 1 N–H and O–H groups in total. The van der Waals surface area contributed by atoms with Crippen LogP contribution in [-0.2, 0) is 0 Å². The first-order valence-corrected chi connectivity index (χ1v) is 9.41. The molecule has 0 aliphatic heterocycles. The number of ether oxygens (including phenoxy) is 1. The summed E-state index contributed by atoms with van der Waals surface area (Å²) in [7, 11) is 3.42. The fourth-order valence-corrected chi connectivity index (χ4v) is 3.56. The molecule has 1 saturated carbocycles. The molecule has 0 saturated heterocycles. The van der Waals surface area contributed by atoms with E-state index in [2.05, 4.69) is 5.32 Å². The first-order chi connectivity index (χ1) is 13.1. The molecule has 0 heterocycles. The van der Waals surface area contributed by atoms with E-state index in [-0.39, 0.29) is 11.8 Å². The van der Waals surface area contributed by atoms with Gasteiger partial charge in [0, 0.05) is 24.3 Å². The number of methoxy groups -OCH3 is 1. The summed E-state index contributed by atoms with van der Waals surface area (Å²) < 4.78 is 5.23. The molecule has 1 aliphatic carbocycles. The zero-order chi connectivity index (χ0) is 19.2. The summed E-state index contributed by atoms with van der Waals surface area (Å²) in [5.74, 6) is 0.311. The Morgan fingerprint density at radius 3 is 2.33 bits per heavy atom. The van der Waals surface area contributed by atoms with Gasteiger partial charge in [0.1, 0.15) is 5.75 Å². The van der Waals surface area contributed by atoms with Gasteiger partial charge < -0.3 is 15.0 Å². The molecule has 0 spiro atoms. The SMILES string of the molecule is COc1ccccc1C(=O)Nc1ccc(C(=O)N(C)C2CCCCC2)cc1. The monoisotopic (exact) mass is 366 g/mol. The largest absolute Gasteiger partial charge is 0.496 e. The quantitative estimate of drug-likeness (QED) is 0.856. The third-order valence-corrected chi connectivity index (χ3v) is 5.18. The molecule has 2 aromatic rings. The first-order valence-electron chi connectivity index (χ1n) is 9.41. The molecule has 0 unspecified atom stereocenters. The van der Waals surface area contributed by atoms with Gasteiger partial charge in [-0.25, -0.2) is 0 Å². The van der Waals surface area contributed by atoms with E-state index in [1.807, 2.05) is 18.0 Å². The number of anilines is 1. The lowest BCUT2D eigenvalue weighted by atomic mass is 9.94. The Morgan fingerprint density at radius 2 is 1.67 bits per heavy atom. The maximum atomic E-state index is 12.7. The molecule has 0 bridgehead atoms. The number of carbonyl (C=O) groups excluding carboxylic acids is 2. The van der Waals surface area contributed by atoms with Crippen LogP contribution in [0, 0.1) is 0 Å². The molecule has 0 atom stereocenters. The summed E-state index contributed by atoms with van der Waals surface area (Å²) in [4.78, 5) is 27.0. The summed E-state index contributed by atoms with van der Waals surface area (Å²) in [6, 6.07) is 14.4. The topological polar surface area (TPSA) is 58.6 Å². The first kappa shape index (κ1) is 19.0. The van der Waals surface area contributed by atoms with E-state index in [9.17, 15) is 9.59 Å². The minimum absolute atomic E-state index is 0.0319. The minimum atomic E-state index is -0.245. The summed E-state index contributed by atoms with van der Waals surface area (Å²) in [5.41, 5.74) is 1.75. The average molecular weight is 366 g/mol. The fraction of sp³-hybridized carbons (Fsp3) is 0.364. The van der Waals surface area contributed by atoms with Crippen LogP contribution in [-0.4, -0.2) is 36.9 Å². The molecule has 1 aliphatic rings. The van der Waals surface area contributed by atoms with E-state index in [0.717, 1.165) is 12.8 Å². The van der Waals surface area contributed by atoms with E-state index < -0.39 is 0 Å². The average Bonchev–Trinajstić information content (AvgIpc) is 2.73. The van der Waals surface area contributed by atoms with Crippen LogP contribution >= 0.6 is 0 Å². The molecule has 27 heavy (non-hydrogen) atoms. The van der Waals surface area contributed by atoms with Gasteiger partial charge in [0.15, 0.2) is 0 Å². The van der Waals surface area contributed by atoms with Gasteiger partial charge in [0.2, 0.25) is 0 Å². The van der Waals surface area contributed by atoms with Crippen molar-refractivity contribution in [3.8, 4) is 5.75 Å². The lowest BCUT2D eigenvalue weighted by molar-refractivity contribution is 0.0696. The van der Waals surface area contributed by atoms with Gasteiger partial charge in [0.25, 0.3) is 11.8 Å². The molecule has 2 aromatic carbocycles. The Bertz CT molecular complexity index is 795. The van der Waals surface area contributed by atoms with E-state index in [1.54, 1.807) is 42.5 Å². The van der Waals surface area contributed by atoms with Crippen LogP contribution in [0.3, 0.4) is 0 Å². The Kier molecular flexibility index (Phi) is 6.12. The normalized spacial score (nSPS) is 14.4. The molecule has 142 valence electrons. The summed E-state index contributed by atoms with van der Waals surface area (Å²) >= 11 is 0. The maximum absolute atomic E-state index is 12.7. The summed E-state index contributed by atoms with van der Waals surface area (Å²) in [6.07, 6.45) is 5.80. The second kappa shape index (κ2) is 8.71. The van der Waals surface area contributed by atoms with Gasteiger partial charge >= 0.3 is 0 Å². The molecule has 0 aromatic heterocycles. The van der Waals surface area contributed by atoms with Gasteiger partial charge in [-0.1, -0.05) is 31.4 Å². The number of hydrogen-bond donors (Lipinski definition) is 1. The second-order valence-corrected chi connectivity index (χ2v) is 6.94. The van der Waals surface area contributed by atoms with Crippen molar-refractivity contribution >= 4 is 17.5 Å². The Balaban J connectivity index is 1.66. The predicted octanol–water partition coefficient (Wildman–Crippen LogP) is 4.35. The van der Waals surface area contributed by atoms with Crippen LogP contribution < -0.4 is 10.1 Å². The third-order valence-electron chi connectivity index (χ3n) is 5.18. The molecule has 0 radical (unpaired) electrons. The smallest absolute Gasteiger partial charge is 0.259 e. The number of amides is 2. The van der Waals surface area contributed by atoms with E-state index in [4.69, 9.17) is 4.74 Å². The number of para-hydroxylation sites is 1. The summed E-state index contributed by atoms with van der Waals surface area (Å²) in [5, 5.41) is 2.85. The Hall–Kier alpha value is -2.82. The lowest BCUT2D eigenvalue weighted by Gasteiger charge is -2.31. The number of benzene rings is 2. The maximum Gasteiger partial charge on any atom is 0.259 e. The zero-order valence-corrected chi connectivity index (χ0v) is 15.9. The number of rotatable bonds is 5. The van der Waals surface area contributed by atoms with Crippen molar-refractivity contribution in [1.29, 1.82) is 0 Å². The number of hydrogen-bond acceptors (Lipinski definition) is 3. The van der Waals surface area contributed by atoms with Crippen molar-refractivity contribution in [3.63, 3.8) is 0 Å². The number of carbonyl (C=O) groups is 2. The zero-order valence-electron chi connectivity index (χ0n) is 15.9. The Morgan fingerprint density at radius 1 is 1.00 bits per heavy atom. The van der Waals surface area contributed by atoms with Gasteiger partial charge in [-0.2, -0.15) is 0 Å². The lowest BCUT2D eigenvalue weighted by Crippen LogP contribution is -2.38. The standard InChI is InChI=1S/C22H26N2O3/c1-24(18-8-4-3-5-9-18)22(26)16-12-14-17(15-13-16)23-21(25)19-10-6-7-11-20(19)27-2/h6-7,10-15,18H,3-5,8-9H2,1-2H3,(H,23,25). The minimum Gasteiger partial charge on any atom is -0.496 e. The van der Waals surface area contributed by atoms with Crippen molar-refractivity contribution < 1.29 is 14.3 Å². The number of nitrogens with one attached hydrogen (secondary N) is 1. The van der Waals surface area contributed by atoms with Crippen molar-refractivity contribution in [2.45, 2.75) is 38.1 Å². The van der Waals surface area contributed by atoms with Gasteiger partial charge in [-0.15, -0.1) is 0 Å². The van der Waals surface area contributed by atoms with Crippen LogP contribution in [0.5, 0.6) is 5.75 Å². The molecule has 5 heteroatoms. The Labute approximate surface area is 160 Å². The molecule has 3 rings (SSSR count). The van der Waals surface area contributed by atoms with Crippen LogP contribution in [0.4, 0.5) is 5.69 Å². The van der Waals surface area contributed by atoms with Crippen molar-refractivity contribution in [2.24, 2.45) is 0 Å². The van der Waals surface area contributed by atoms with Crippen LogP contribution in [0.1, 0.15) is 52.8 Å². The van der Waals surface area contributed by atoms with Crippen molar-refractivity contribution in [3.05, 3.63) is 59.7 Å². The van der Waals surface area contributed by atoms with Crippen molar-refractivity contribution in [2.75, 3.05) is 19.5 Å². The third kappa shape index (κ3) is 4.48. The van der Waals surface area contributed by atoms with E-state index in [1.165, 1.54) is 26.4 Å². The molecular weight excluding hydrogens is 340 g/mol.